The number of benzene rings is 2. The van der Waals surface area contributed by atoms with E-state index in [1.165, 1.54) is 5.56 Å². The van der Waals surface area contributed by atoms with Gasteiger partial charge in [-0.3, -0.25) is 4.99 Å². The Morgan fingerprint density at radius 1 is 0.963 bits per heavy atom. The number of aliphatic imine (C=N–C) groups is 1. The lowest BCUT2D eigenvalue weighted by molar-refractivity contribution is 0.354. The van der Waals surface area contributed by atoms with Crippen LogP contribution in [0.2, 0.25) is 0 Å². The summed E-state index contributed by atoms with van der Waals surface area (Å²) in [6.07, 6.45) is 0.899. The van der Waals surface area contributed by atoms with Crippen LogP contribution in [-0.2, 0) is 6.42 Å². The zero-order valence-electron chi connectivity index (χ0n) is 15.7. The van der Waals surface area contributed by atoms with Crippen molar-refractivity contribution in [1.82, 2.24) is 0 Å². The van der Waals surface area contributed by atoms with Crippen LogP contribution >= 0.6 is 23.2 Å². The van der Waals surface area contributed by atoms with E-state index in [0.29, 0.717) is 11.8 Å². The van der Waals surface area contributed by atoms with Crippen molar-refractivity contribution in [3.63, 3.8) is 0 Å². The van der Waals surface area contributed by atoms with Gasteiger partial charge in [-0.25, -0.2) is 0 Å². The molecule has 1 aliphatic heterocycles. The second-order valence-corrected chi connectivity index (χ2v) is 7.01. The van der Waals surface area contributed by atoms with Crippen LogP contribution in [0.5, 0.6) is 11.5 Å². The number of anilines is 1. The minimum Gasteiger partial charge on any atom is -0.493 e. The molecule has 0 amide bonds. The molecule has 27 heavy (non-hydrogen) atoms. The summed E-state index contributed by atoms with van der Waals surface area (Å²) < 4.78 is 10.9. The molecule has 0 N–H and O–H groups in total. The van der Waals surface area contributed by atoms with E-state index in [1.54, 1.807) is 14.2 Å². The lowest BCUT2D eigenvalue weighted by Crippen LogP contribution is -2.27. The van der Waals surface area contributed by atoms with Gasteiger partial charge in [-0.05, 0) is 36.2 Å². The van der Waals surface area contributed by atoms with E-state index in [0.717, 1.165) is 60.1 Å². The molecule has 0 atom stereocenters. The fraction of sp³-hybridized carbons (Fsp3) is 0.381. The maximum absolute atomic E-state index is 5.92. The van der Waals surface area contributed by atoms with Gasteiger partial charge in [0.15, 0.2) is 11.5 Å². The van der Waals surface area contributed by atoms with E-state index in [1.807, 2.05) is 6.07 Å². The van der Waals surface area contributed by atoms with E-state index in [2.05, 4.69) is 35.2 Å². The summed E-state index contributed by atoms with van der Waals surface area (Å²) in [6.45, 7) is 2.31. The number of rotatable bonds is 8. The molecular formula is C21H24Cl2N2O2. The molecule has 0 saturated heterocycles. The Labute approximate surface area is 170 Å². The average molecular weight is 407 g/mol. The highest BCUT2D eigenvalue weighted by atomic mass is 35.5. The van der Waals surface area contributed by atoms with Crippen LogP contribution in [0.1, 0.15) is 16.7 Å². The number of hydrogen-bond donors (Lipinski definition) is 0. The number of methoxy groups -OCH3 is 2. The van der Waals surface area contributed by atoms with Crippen molar-refractivity contribution >= 4 is 34.6 Å². The van der Waals surface area contributed by atoms with Crippen LogP contribution in [0, 0.1) is 0 Å². The smallest absolute Gasteiger partial charge is 0.161 e. The molecular weight excluding hydrogens is 383 g/mol. The molecule has 0 unspecified atom stereocenters. The molecule has 0 saturated carbocycles. The summed E-state index contributed by atoms with van der Waals surface area (Å²) >= 11 is 11.8. The van der Waals surface area contributed by atoms with Gasteiger partial charge in [-0.1, -0.05) is 12.1 Å². The van der Waals surface area contributed by atoms with E-state index >= 15 is 0 Å². The van der Waals surface area contributed by atoms with Crippen LogP contribution in [0.15, 0.2) is 41.4 Å². The van der Waals surface area contributed by atoms with E-state index in [-0.39, 0.29) is 0 Å². The molecule has 0 spiro atoms. The van der Waals surface area contributed by atoms with Crippen LogP contribution in [0.3, 0.4) is 0 Å². The summed E-state index contributed by atoms with van der Waals surface area (Å²) in [5, 5.41) is 0. The van der Waals surface area contributed by atoms with Gasteiger partial charge in [0.25, 0.3) is 0 Å². The first-order valence-corrected chi connectivity index (χ1v) is 10.1. The van der Waals surface area contributed by atoms with Crippen LogP contribution in [-0.4, -0.2) is 51.3 Å². The summed E-state index contributed by atoms with van der Waals surface area (Å²) in [7, 11) is 3.31. The first kappa shape index (κ1) is 19.8. The summed E-state index contributed by atoms with van der Waals surface area (Å²) in [5.74, 6) is 2.62. The van der Waals surface area contributed by atoms with Gasteiger partial charge in [0.1, 0.15) is 0 Å². The van der Waals surface area contributed by atoms with Crippen molar-refractivity contribution < 1.29 is 9.47 Å². The Bertz CT molecular complexity index is 801. The Hall–Kier alpha value is -1.91. The Morgan fingerprint density at radius 3 is 2.19 bits per heavy atom. The van der Waals surface area contributed by atoms with E-state index in [9.17, 15) is 0 Å². The Morgan fingerprint density at radius 2 is 1.59 bits per heavy atom. The van der Waals surface area contributed by atoms with Crippen LogP contribution in [0.4, 0.5) is 5.69 Å². The highest BCUT2D eigenvalue weighted by Crippen LogP contribution is 2.33. The highest BCUT2D eigenvalue weighted by molar-refractivity contribution is 6.18. The number of halogens is 2. The number of hydrogen-bond acceptors (Lipinski definition) is 4. The zero-order valence-corrected chi connectivity index (χ0v) is 17.2. The Kier molecular flexibility index (Phi) is 6.86. The molecule has 1 aliphatic rings. The number of nitrogens with zero attached hydrogens (tertiary/aromatic N) is 2. The zero-order chi connectivity index (χ0) is 19.2. The molecule has 4 nitrogen and oxygen atoms in total. The molecule has 0 fully saturated rings. The van der Waals surface area contributed by atoms with Crippen LogP contribution in [0.25, 0.3) is 0 Å². The standard InChI is InChI=1S/C21H24Cl2N2O2/c1-26-19-13-16-7-10-24-21(18(16)14-20(19)27-2)15-3-5-17(6-4-15)25(11-8-22)12-9-23/h3-6,13-14H,7-12H2,1-2H3. The van der Waals surface area contributed by atoms with E-state index < -0.39 is 0 Å². The predicted molar refractivity (Wildman–Crippen MR) is 114 cm³/mol. The molecule has 6 heteroatoms. The number of alkyl halides is 2. The summed E-state index contributed by atoms with van der Waals surface area (Å²) in [6, 6.07) is 12.5. The van der Waals surface area contributed by atoms with Gasteiger partial charge in [0.05, 0.1) is 19.9 Å². The molecule has 0 bridgehead atoms. The second kappa shape index (κ2) is 9.34. The third-order valence-corrected chi connectivity index (χ3v) is 5.07. The highest BCUT2D eigenvalue weighted by Gasteiger charge is 2.20. The predicted octanol–water partition coefficient (Wildman–Crippen LogP) is 4.38. The third-order valence-electron chi connectivity index (χ3n) is 4.73. The molecule has 2 aromatic carbocycles. The molecule has 0 aliphatic carbocycles. The molecule has 144 valence electrons. The number of fused-ring (bicyclic) bond motifs is 1. The third kappa shape index (κ3) is 4.33. The largest absolute Gasteiger partial charge is 0.493 e. The van der Waals surface area contributed by atoms with Crippen molar-refractivity contribution in [1.29, 1.82) is 0 Å². The summed E-state index contributed by atoms with van der Waals surface area (Å²) in [4.78, 5) is 6.97. The minimum atomic E-state index is 0.570. The van der Waals surface area contributed by atoms with Gasteiger partial charge in [0.2, 0.25) is 0 Å². The molecule has 2 aromatic rings. The van der Waals surface area contributed by atoms with Gasteiger partial charge >= 0.3 is 0 Å². The van der Waals surface area contributed by atoms with Gasteiger partial charge in [-0.15, -0.1) is 23.2 Å². The topological polar surface area (TPSA) is 34.1 Å². The monoisotopic (exact) mass is 406 g/mol. The van der Waals surface area contributed by atoms with E-state index in [4.69, 9.17) is 37.7 Å². The molecule has 0 aromatic heterocycles. The molecule has 3 rings (SSSR count). The second-order valence-electron chi connectivity index (χ2n) is 6.26. The SMILES string of the molecule is COc1cc2c(cc1OC)C(c1ccc(N(CCCl)CCCl)cc1)=NCC2. The van der Waals surface area contributed by atoms with Crippen molar-refractivity contribution in [2.24, 2.45) is 4.99 Å². The van der Waals surface area contributed by atoms with Crippen LogP contribution < -0.4 is 14.4 Å². The van der Waals surface area contributed by atoms with Gasteiger partial charge in [0, 0.05) is 48.2 Å². The quantitative estimate of drug-likeness (QED) is 0.609. The van der Waals surface area contributed by atoms with Gasteiger partial charge < -0.3 is 14.4 Å². The van der Waals surface area contributed by atoms with Crippen molar-refractivity contribution in [2.45, 2.75) is 6.42 Å². The fourth-order valence-corrected chi connectivity index (χ4v) is 3.78. The lowest BCUT2D eigenvalue weighted by atomic mass is 9.92. The van der Waals surface area contributed by atoms with Crippen molar-refractivity contribution in [3.8, 4) is 11.5 Å². The van der Waals surface area contributed by atoms with Gasteiger partial charge in [-0.2, -0.15) is 0 Å². The number of ether oxygens (including phenoxy) is 2. The molecule has 0 radical (unpaired) electrons. The Balaban J connectivity index is 1.93. The maximum Gasteiger partial charge on any atom is 0.161 e. The average Bonchev–Trinajstić information content (AvgIpc) is 2.72. The van der Waals surface area contributed by atoms with Crippen molar-refractivity contribution in [3.05, 3.63) is 53.1 Å². The fourth-order valence-electron chi connectivity index (χ4n) is 3.37. The lowest BCUT2D eigenvalue weighted by Gasteiger charge is -2.24. The first-order valence-electron chi connectivity index (χ1n) is 8.98. The first-order chi connectivity index (χ1) is 13.2. The molecule has 1 heterocycles. The van der Waals surface area contributed by atoms with Crippen molar-refractivity contribution in [2.75, 3.05) is 50.5 Å². The normalized spacial score (nSPS) is 13.0. The summed E-state index contributed by atoms with van der Waals surface area (Å²) in [5.41, 5.74) is 5.52. The maximum atomic E-state index is 5.92. The minimum absolute atomic E-state index is 0.570.